The number of rotatable bonds is 3. The number of ether oxygens (including phenoxy) is 2. The molecule has 1 aromatic carbocycles. The molecule has 0 aliphatic carbocycles. The molecular weight excluding hydrogens is 192 g/mol. The van der Waals surface area contributed by atoms with E-state index in [0.717, 1.165) is 11.1 Å². The maximum atomic E-state index is 9.72. The van der Waals surface area contributed by atoms with Crippen molar-refractivity contribution in [3.63, 3.8) is 0 Å². The normalized spacial score (nSPS) is 16.8. The Hall–Kier alpha value is -1.32. The Labute approximate surface area is 88.9 Å². The maximum Gasteiger partial charge on any atom is 0.184 e. The predicted octanol–water partition coefficient (Wildman–Crippen LogP) is 2.17. The Morgan fingerprint density at radius 3 is 2.80 bits per heavy atom. The molecule has 0 unspecified atom stereocenters. The maximum absolute atomic E-state index is 9.72. The number of aromatic hydroxyl groups is 1. The fourth-order valence-corrected chi connectivity index (χ4v) is 1.72. The monoisotopic (exact) mass is 206 g/mol. The average Bonchev–Trinajstić information content (AvgIpc) is 2.74. The summed E-state index contributed by atoms with van der Waals surface area (Å²) in [6.45, 7) is 4.88. The van der Waals surface area contributed by atoms with Crippen LogP contribution in [0.2, 0.25) is 0 Å². The molecule has 0 spiro atoms. The molecule has 0 atom stereocenters. The first-order valence-electron chi connectivity index (χ1n) is 4.98. The standard InChI is InChI=1S/C12H14O3/c1-2-4-9-10(5-3-6-11(9)13)12-14-7-8-15-12/h2-3,5-6,12-13H,1,4,7-8H2. The molecule has 1 N–H and O–H groups in total. The number of allylic oxidation sites excluding steroid dienone is 1. The minimum absolute atomic E-state index is 0.270. The highest BCUT2D eigenvalue weighted by molar-refractivity contribution is 5.41. The molecule has 0 aromatic heterocycles. The third-order valence-corrected chi connectivity index (χ3v) is 2.41. The highest BCUT2D eigenvalue weighted by atomic mass is 16.7. The largest absolute Gasteiger partial charge is 0.508 e. The SMILES string of the molecule is C=CCc1c(O)cccc1C1OCCO1. The zero-order chi connectivity index (χ0) is 10.7. The summed E-state index contributed by atoms with van der Waals surface area (Å²) in [5.74, 6) is 0.270. The van der Waals surface area contributed by atoms with Gasteiger partial charge in [-0.3, -0.25) is 0 Å². The van der Waals surface area contributed by atoms with Crippen LogP contribution in [0.1, 0.15) is 17.4 Å². The van der Waals surface area contributed by atoms with Crippen molar-refractivity contribution in [1.82, 2.24) is 0 Å². The first-order chi connectivity index (χ1) is 7.33. The topological polar surface area (TPSA) is 38.7 Å². The molecule has 0 saturated carbocycles. The van der Waals surface area contributed by atoms with Crippen LogP contribution in [0.3, 0.4) is 0 Å². The van der Waals surface area contributed by atoms with Crippen LogP contribution in [0.15, 0.2) is 30.9 Å². The van der Waals surface area contributed by atoms with Crippen LogP contribution in [0.5, 0.6) is 5.75 Å². The summed E-state index contributed by atoms with van der Waals surface area (Å²) < 4.78 is 10.8. The fourth-order valence-electron chi connectivity index (χ4n) is 1.72. The molecule has 1 aliphatic rings. The predicted molar refractivity (Wildman–Crippen MR) is 56.7 cm³/mol. The first-order valence-corrected chi connectivity index (χ1v) is 4.98. The molecule has 1 heterocycles. The fraction of sp³-hybridized carbons (Fsp3) is 0.333. The molecular formula is C12H14O3. The summed E-state index contributed by atoms with van der Waals surface area (Å²) in [5.41, 5.74) is 1.73. The van der Waals surface area contributed by atoms with Crippen molar-refractivity contribution in [2.45, 2.75) is 12.7 Å². The number of phenols is 1. The summed E-state index contributed by atoms with van der Waals surface area (Å²) >= 11 is 0. The molecule has 1 saturated heterocycles. The van der Waals surface area contributed by atoms with E-state index in [1.807, 2.05) is 6.07 Å². The number of hydrogen-bond acceptors (Lipinski definition) is 3. The molecule has 1 aliphatic heterocycles. The molecule has 1 aromatic rings. The molecule has 80 valence electrons. The van der Waals surface area contributed by atoms with Crippen LogP contribution < -0.4 is 0 Å². The zero-order valence-corrected chi connectivity index (χ0v) is 8.48. The number of phenolic OH excluding ortho intramolecular Hbond substituents is 1. The average molecular weight is 206 g/mol. The van der Waals surface area contributed by atoms with Crippen molar-refractivity contribution in [2.75, 3.05) is 13.2 Å². The summed E-state index contributed by atoms with van der Waals surface area (Å²) in [5, 5.41) is 9.72. The van der Waals surface area contributed by atoms with Crippen molar-refractivity contribution < 1.29 is 14.6 Å². The molecule has 15 heavy (non-hydrogen) atoms. The van der Waals surface area contributed by atoms with Gasteiger partial charge in [-0.05, 0) is 12.5 Å². The summed E-state index contributed by atoms with van der Waals surface area (Å²) in [4.78, 5) is 0. The van der Waals surface area contributed by atoms with E-state index in [2.05, 4.69) is 6.58 Å². The van der Waals surface area contributed by atoms with Crippen LogP contribution in [-0.4, -0.2) is 18.3 Å². The minimum atomic E-state index is -0.341. The zero-order valence-electron chi connectivity index (χ0n) is 8.48. The molecule has 2 rings (SSSR count). The van der Waals surface area contributed by atoms with Crippen molar-refractivity contribution in [3.05, 3.63) is 42.0 Å². The highest BCUT2D eigenvalue weighted by Gasteiger charge is 2.22. The molecule has 1 fully saturated rings. The van der Waals surface area contributed by atoms with Crippen molar-refractivity contribution in [3.8, 4) is 5.75 Å². The van der Waals surface area contributed by atoms with Gasteiger partial charge in [-0.15, -0.1) is 6.58 Å². The van der Waals surface area contributed by atoms with Gasteiger partial charge in [-0.25, -0.2) is 0 Å². The van der Waals surface area contributed by atoms with Gasteiger partial charge in [-0.1, -0.05) is 18.2 Å². The van der Waals surface area contributed by atoms with Gasteiger partial charge in [-0.2, -0.15) is 0 Å². The van der Waals surface area contributed by atoms with Gasteiger partial charge >= 0.3 is 0 Å². The number of benzene rings is 1. The third-order valence-electron chi connectivity index (χ3n) is 2.41. The van der Waals surface area contributed by atoms with E-state index in [1.165, 1.54) is 0 Å². The first kappa shape index (κ1) is 10.2. The van der Waals surface area contributed by atoms with Gasteiger partial charge in [0.1, 0.15) is 5.75 Å². The smallest absolute Gasteiger partial charge is 0.184 e. The van der Waals surface area contributed by atoms with Crippen molar-refractivity contribution >= 4 is 0 Å². The molecule has 3 heteroatoms. The van der Waals surface area contributed by atoms with Crippen molar-refractivity contribution in [1.29, 1.82) is 0 Å². The second kappa shape index (κ2) is 4.47. The van der Waals surface area contributed by atoms with E-state index < -0.39 is 0 Å². The van der Waals surface area contributed by atoms with E-state index in [1.54, 1.807) is 18.2 Å². The van der Waals surface area contributed by atoms with Crippen LogP contribution in [0.4, 0.5) is 0 Å². The van der Waals surface area contributed by atoms with E-state index in [-0.39, 0.29) is 12.0 Å². The summed E-state index contributed by atoms with van der Waals surface area (Å²) in [6, 6.07) is 5.37. The van der Waals surface area contributed by atoms with Gasteiger partial charge < -0.3 is 14.6 Å². The van der Waals surface area contributed by atoms with Gasteiger partial charge in [0.05, 0.1) is 13.2 Å². The van der Waals surface area contributed by atoms with Crippen LogP contribution >= 0.6 is 0 Å². The number of hydrogen-bond donors (Lipinski definition) is 1. The summed E-state index contributed by atoms with van der Waals surface area (Å²) in [7, 11) is 0. The van der Waals surface area contributed by atoms with Crippen LogP contribution in [0, 0.1) is 0 Å². The molecule has 0 radical (unpaired) electrons. The lowest BCUT2D eigenvalue weighted by Gasteiger charge is -2.14. The Kier molecular flexibility index (Phi) is 3.04. The Morgan fingerprint density at radius 1 is 1.40 bits per heavy atom. The van der Waals surface area contributed by atoms with Gasteiger partial charge in [0, 0.05) is 11.1 Å². The van der Waals surface area contributed by atoms with Gasteiger partial charge in [0.2, 0.25) is 0 Å². The second-order valence-electron chi connectivity index (χ2n) is 3.41. The quantitative estimate of drug-likeness (QED) is 0.770. The van der Waals surface area contributed by atoms with E-state index in [4.69, 9.17) is 9.47 Å². The molecule has 0 bridgehead atoms. The van der Waals surface area contributed by atoms with Gasteiger partial charge in [0.25, 0.3) is 0 Å². The lowest BCUT2D eigenvalue weighted by molar-refractivity contribution is -0.0447. The third kappa shape index (κ3) is 2.03. The van der Waals surface area contributed by atoms with Crippen LogP contribution in [0.25, 0.3) is 0 Å². The highest BCUT2D eigenvalue weighted by Crippen LogP contribution is 2.31. The Balaban J connectivity index is 2.35. The lowest BCUT2D eigenvalue weighted by atomic mass is 10.0. The van der Waals surface area contributed by atoms with Gasteiger partial charge in [0.15, 0.2) is 6.29 Å². The van der Waals surface area contributed by atoms with Crippen LogP contribution in [-0.2, 0) is 15.9 Å². The Bertz CT molecular complexity index is 354. The van der Waals surface area contributed by atoms with E-state index >= 15 is 0 Å². The Morgan fingerprint density at radius 2 is 2.13 bits per heavy atom. The lowest BCUT2D eigenvalue weighted by Crippen LogP contribution is -2.02. The van der Waals surface area contributed by atoms with Crippen molar-refractivity contribution in [2.24, 2.45) is 0 Å². The second-order valence-corrected chi connectivity index (χ2v) is 3.41. The summed E-state index contributed by atoms with van der Waals surface area (Å²) in [6.07, 6.45) is 2.03. The minimum Gasteiger partial charge on any atom is -0.508 e. The molecule has 0 amide bonds. The van der Waals surface area contributed by atoms with E-state index in [9.17, 15) is 5.11 Å². The molecule has 3 nitrogen and oxygen atoms in total. The van der Waals surface area contributed by atoms with E-state index in [0.29, 0.717) is 19.6 Å².